The van der Waals surface area contributed by atoms with E-state index in [1.54, 1.807) is 0 Å². The second kappa shape index (κ2) is 7.18. The number of benzene rings is 1. The summed E-state index contributed by atoms with van der Waals surface area (Å²) < 4.78 is 4.97. The molecule has 126 valence electrons. The van der Waals surface area contributed by atoms with Crippen molar-refractivity contribution in [2.24, 2.45) is 0 Å². The average molecular weight is 329 g/mol. The van der Waals surface area contributed by atoms with Crippen LogP contribution in [0, 0.1) is 0 Å². The Kier molecular flexibility index (Phi) is 4.81. The van der Waals surface area contributed by atoms with E-state index in [1.165, 1.54) is 17.8 Å². The molecule has 2 heterocycles. The molecule has 3 N–H and O–H groups in total. The van der Waals surface area contributed by atoms with Gasteiger partial charge in [0.25, 0.3) is 5.91 Å². The highest BCUT2D eigenvalue weighted by Gasteiger charge is 2.15. The number of piperazine rings is 1. The van der Waals surface area contributed by atoms with Gasteiger partial charge in [-0.2, -0.15) is 0 Å². The minimum absolute atomic E-state index is 0.00941. The first-order valence-corrected chi connectivity index (χ1v) is 7.79. The Morgan fingerprint density at radius 2 is 1.75 bits per heavy atom. The van der Waals surface area contributed by atoms with Gasteiger partial charge in [-0.3, -0.25) is 4.79 Å². The van der Waals surface area contributed by atoms with Gasteiger partial charge in [0, 0.05) is 38.4 Å². The molecule has 7 heteroatoms. The van der Waals surface area contributed by atoms with E-state index in [1.807, 2.05) is 24.3 Å². The predicted molar refractivity (Wildman–Crippen MR) is 88.4 cm³/mol. The van der Waals surface area contributed by atoms with E-state index in [0.29, 0.717) is 6.54 Å². The molecule has 0 saturated carbocycles. The first-order chi connectivity index (χ1) is 11.6. The summed E-state index contributed by atoms with van der Waals surface area (Å²) in [4.78, 5) is 25.0. The summed E-state index contributed by atoms with van der Waals surface area (Å²) in [6.07, 6.45) is 0. The highest BCUT2D eigenvalue weighted by Crippen LogP contribution is 2.16. The Labute approximate surface area is 139 Å². The number of carbonyl (C=O) groups excluding carboxylic acids is 1. The van der Waals surface area contributed by atoms with Gasteiger partial charge in [0.2, 0.25) is 5.76 Å². The molecule has 0 spiro atoms. The molecule has 1 aromatic carbocycles. The van der Waals surface area contributed by atoms with Crippen LogP contribution in [-0.4, -0.2) is 43.2 Å². The molecule has 1 aromatic heterocycles. The van der Waals surface area contributed by atoms with E-state index >= 15 is 0 Å². The van der Waals surface area contributed by atoms with Crippen molar-refractivity contribution < 1.29 is 19.1 Å². The van der Waals surface area contributed by atoms with Gasteiger partial charge < -0.3 is 25.1 Å². The lowest BCUT2D eigenvalue weighted by molar-refractivity contribution is 0.0659. The van der Waals surface area contributed by atoms with Crippen LogP contribution in [-0.2, 0) is 6.54 Å². The fraction of sp³-hybridized carbons (Fsp3) is 0.294. The number of hydrogen-bond donors (Lipinski definition) is 3. The molecule has 1 fully saturated rings. The number of furan rings is 1. The number of carboxylic acids is 1. The summed E-state index contributed by atoms with van der Waals surface area (Å²) in [5.41, 5.74) is 2.14. The molecular weight excluding hydrogens is 310 g/mol. The van der Waals surface area contributed by atoms with Crippen molar-refractivity contribution in [3.8, 4) is 0 Å². The van der Waals surface area contributed by atoms with Gasteiger partial charge in [-0.05, 0) is 29.8 Å². The van der Waals surface area contributed by atoms with Crippen molar-refractivity contribution in [2.45, 2.75) is 6.54 Å². The standard InChI is InChI=1S/C17H19N3O4/c21-16(14-5-6-15(24-14)17(22)23)19-11-12-1-3-13(4-2-12)20-9-7-18-8-10-20/h1-6,18H,7-11H2,(H,19,21)(H,22,23). The maximum Gasteiger partial charge on any atom is 0.371 e. The zero-order valence-corrected chi connectivity index (χ0v) is 13.1. The Morgan fingerprint density at radius 1 is 1.08 bits per heavy atom. The number of carbonyl (C=O) groups is 2. The van der Waals surface area contributed by atoms with E-state index in [0.717, 1.165) is 31.7 Å². The fourth-order valence-corrected chi connectivity index (χ4v) is 2.59. The number of aromatic carboxylic acids is 1. The quantitative estimate of drug-likeness (QED) is 0.766. The first-order valence-electron chi connectivity index (χ1n) is 7.79. The molecular formula is C17H19N3O4. The highest BCUT2D eigenvalue weighted by atomic mass is 16.4. The number of nitrogens with zero attached hydrogens (tertiary/aromatic N) is 1. The Morgan fingerprint density at radius 3 is 2.38 bits per heavy atom. The fourth-order valence-electron chi connectivity index (χ4n) is 2.59. The van der Waals surface area contributed by atoms with Gasteiger partial charge in [0.1, 0.15) is 0 Å². The summed E-state index contributed by atoms with van der Waals surface area (Å²) in [5, 5.41) is 14.8. The van der Waals surface area contributed by atoms with E-state index in [2.05, 4.69) is 15.5 Å². The third kappa shape index (κ3) is 3.75. The topological polar surface area (TPSA) is 94.8 Å². The average Bonchev–Trinajstić information content (AvgIpc) is 3.11. The SMILES string of the molecule is O=C(O)c1ccc(C(=O)NCc2ccc(N3CCNCC3)cc2)o1. The second-order valence-electron chi connectivity index (χ2n) is 5.56. The van der Waals surface area contributed by atoms with Crippen molar-refractivity contribution in [3.63, 3.8) is 0 Å². The van der Waals surface area contributed by atoms with Crippen molar-refractivity contribution in [3.05, 3.63) is 53.5 Å². The van der Waals surface area contributed by atoms with Gasteiger partial charge >= 0.3 is 5.97 Å². The molecule has 3 rings (SSSR count). The Hall–Kier alpha value is -2.80. The summed E-state index contributed by atoms with van der Waals surface area (Å²) in [7, 11) is 0. The third-order valence-electron chi connectivity index (χ3n) is 3.91. The van der Waals surface area contributed by atoms with Gasteiger partial charge in [0.05, 0.1) is 0 Å². The zero-order valence-electron chi connectivity index (χ0n) is 13.1. The van der Waals surface area contributed by atoms with Crippen LogP contribution in [0.3, 0.4) is 0 Å². The van der Waals surface area contributed by atoms with E-state index in [9.17, 15) is 9.59 Å². The molecule has 1 aliphatic rings. The predicted octanol–water partition coefficient (Wildman–Crippen LogP) is 1.32. The van der Waals surface area contributed by atoms with Crippen molar-refractivity contribution in [1.29, 1.82) is 0 Å². The normalized spacial score (nSPS) is 14.4. The molecule has 2 aromatic rings. The van der Waals surface area contributed by atoms with E-state index < -0.39 is 11.9 Å². The van der Waals surface area contributed by atoms with Gasteiger partial charge in [-0.15, -0.1) is 0 Å². The number of nitrogens with one attached hydrogen (secondary N) is 2. The Bertz CT molecular complexity index is 718. The van der Waals surface area contributed by atoms with Gasteiger partial charge in [0.15, 0.2) is 5.76 Å². The smallest absolute Gasteiger partial charge is 0.371 e. The number of rotatable bonds is 5. The number of carboxylic acid groups (broad SMARTS) is 1. The van der Waals surface area contributed by atoms with Crippen LogP contribution >= 0.6 is 0 Å². The largest absolute Gasteiger partial charge is 0.475 e. The third-order valence-corrected chi connectivity index (χ3v) is 3.91. The summed E-state index contributed by atoms with van der Waals surface area (Å²) in [6, 6.07) is 10.7. The number of amides is 1. The van der Waals surface area contributed by atoms with Crippen LogP contribution < -0.4 is 15.5 Å². The molecule has 1 saturated heterocycles. The monoisotopic (exact) mass is 329 g/mol. The second-order valence-corrected chi connectivity index (χ2v) is 5.56. The zero-order chi connectivity index (χ0) is 16.9. The van der Waals surface area contributed by atoms with Crippen LogP contribution in [0.1, 0.15) is 26.7 Å². The highest BCUT2D eigenvalue weighted by molar-refractivity contribution is 5.93. The van der Waals surface area contributed by atoms with Crippen LogP contribution in [0.4, 0.5) is 5.69 Å². The molecule has 1 aliphatic heterocycles. The first kappa shape index (κ1) is 16.1. The maximum absolute atomic E-state index is 12.0. The molecule has 0 aliphatic carbocycles. The molecule has 0 atom stereocenters. The lowest BCUT2D eigenvalue weighted by Crippen LogP contribution is -2.43. The van der Waals surface area contributed by atoms with Gasteiger partial charge in [-0.25, -0.2) is 4.79 Å². The van der Waals surface area contributed by atoms with Crippen LogP contribution in [0.15, 0.2) is 40.8 Å². The molecule has 0 bridgehead atoms. The lowest BCUT2D eigenvalue weighted by atomic mass is 10.2. The van der Waals surface area contributed by atoms with Crippen molar-refractivity contribution in [2.75, 3.05) is 31.1 Å². The van der Waals surface area contributed by atoms with Gasteiger partial charge in [-0.1, -0.05) is 12.1 Å². The lowest BCUT2D eigenvalue weighted by Gasteiger charge is -2.29. The molecule has 24 heavy (non-hydrogen) atoms. The maximum atomic E-state index is 12.0. The molecule has 1 amide bonds. The summed E-state index contributed by atoms with van der Waals surface area (Å²) in [5.74, 6) is -1.89. The Balaban J connectivity index is 1.55. The van der Waals surface area contributed by atoms with Crippen LogP contribution in [0.5, 0.6) is 0 Å². The number of hydrogen-bond acceptors (Lipinski definition) is 5. The summed E-state index contributed by atoms with van der Waals surface area (Å²) >= 11 is 0. The van der Waals surface area contributed by atoms with Crippen LogP contribution in [0.25, 0.3) is 0 Å². The van der Waals surface area contributed by atoms with E-state index in [4.69, 9.17) is 9.52 Å². The number of anilines is 1. The molecule has 0 unspecified atom stereocenters. The van der Waals surface area contributed by atoms with Crippen molar-refractivity contribution >= 4 is 17.6 Å². The van der Waals surface area contributed by atoms with E-state index in [-0.39, 0.29) is 11.5 Å². The minimum atomic E-state index is -1.20. The summed E-state index contributed by atoms with van der Waals surface area (Å²) in [6.45, 7) is 4.29. The minimum Gasteiger partial charge on any atom is -0.475 e. The van der Waals surface area contributed by atoms with Crippen molar-refractivity contribution in [1.82, 2.24) is 10.6 Å². The molecule has 0 radical (unpaired) electrons. The molecule has 7 nitrogen and oxygen atoms in total. The van der Waals surface area contributed by atoms with Crippen LogP contribution in [0.2, 0.25) is 0 Å².